The Morgan fingerprint density at radius 2 is 1.78 bits per heavy atom. The highest BCUT2D eigenvalue weighted by Crippen LogP contribution is 2.35. The number of nitrogens with one attached hydrogen (secondary N) is 1. The zero-order valence-electron chi connectivity index (χ0n) is 20.9. The molecule has 1 aliphatic carbocycles. The van der Waals surface area contributed by atoms with Gasteiger partial charge in [0.15, 0.2) is 5.65 Å². The molecule has 2 fully saturated rings. The molecule has 0 unspecified atom stereocenters. The lowest BCUT2D eigenvalue weighted by Crippen LogP contribution is -2.35. The highest BCUT2D eigenvalue weighted by molar-refractivity contribution is 7.89. The molecule has 194 valence electrons. The first-order valence-corrected chi connectivity index (χ1v) is 14.7. The summed E-state index contributed by atoms with van der Waals surface area (Å²) in [6.07, 6.45) is 9.77. The Hall–Kier alpha value is -2.56. The van der Waals surface area contributed by atoms with E-state index in [4.69, 9.17) is 10.1 Å². The molecule has 5 rings (SSSR count). The molecule has 1 saturated carbocycles. The molecular weight excluding hydrogens is 476 g/mol. The molecule has 2 aliphatic rings. The number of rotatable bonds is 8. The Balaban J connectivity index is 1.49. The van der Waals surface area contributed by atoms with Crippen molar-refractivity contribution in [2.75, 3.05) is 25.0 Å². The molecule has 0 radical (unpaired) electrons. The third-order valence-electron chi connectivity index (χ3n) is 7.35. The van der Waals surface area contributed by atoms with E-state index in [0.29, 0.717) is 23.9 Å². The van der Waals surface area contributed by atoms with E-state index >= 15 is 0 Å². The zero-order chi connectivity index (χ0) is 25.1. The summed E-state index contributed by atoms with van der Waals surface area (Å²) in [6.45, 7) is 4.13. The van der Waals surface area contributed by atoms with E-state index in [0.717, 1.165) is 86.6 Å². The van der Waals surface area contributed by atoms with E-state index in [-0.39, 0.29) is 12.1 Å². The standard InChI is InChI=1S/C26H36N6O3S/c1-2-3-15-27-26-28-18-23-24(30-32(25(23)29-26)20-9-11-21(33)12-10-20)19-7-13-22(14-8-19)36(34,35)31-16-5-4-6-17-31/h7-8,13-14,18,20-21,33H,2-6,9-12,15-17H2,1H3,(H,27,28,29)/t20-,21-. The van der Waals surface area contributed by atoms with Gasteiger partial charge in [0.2, 0.25) is 16.0 Å². The lowest BCUT2D eigenvalue weighted by atomic mass is 9.93. The molecule has 9 nitrogen and oxygen atoms in total. The van der Waals surface area contributed by atoms with Crippen LogP contribution in [-0.2, 0) is 10.0 Å². The van der Waals surface area contributed by atoms with Crippen molar-refractivity contribution < 1.29 is 13.5 Å². The van der Waals surface area contributed by atoms with E-state index in [1.165, 1.54) is 0 Å². The SMILES string of the molecule is CCCCNc1ncc2c(-c3ccc(S(=O)(=O)N4CCCCC4)cc3)nn([C@H]3CC[C@H](O)CC3)c2n1. The van der Waals surface area contributed by atoms with Crippen LogP contribution in [0.4, 0.5) is 5.95 Å². The second-order valence-electron chi connectivity index (χ2n) is 9.96. The number of hydrogen-bond donors (Lipinski definition) is 2. The van der Waals surface area contributed by atoms with E-state index in [2.05, 4.69) is 17.2 Å². The van der Waals surface area contributed by atoms with Gasteiger partial charge in [-0.05, 0) is 57.1 Å². The van der Waals surface area contributed by atoms with Gasteiger partial charge in [0.05, 0.1) is 22.4 Å². The second-order valence-corrected chi connectivity index (χ2v) is 11.9. The van der Waals surface area contributed by atoms with Crippen LogP contribution in [0.2, 0.25) is 0 Å². The van der Waals surface area contributed by atoms with Gasteiger partial charge >= 0.3 is 0 Å². The average Bonchev–Trinajstić information content (AvgIpc) is 3.29. The van der Waals surface area contributed by atoms with Crippen LogP contribution in [0.15, 0.2) is 35.4 Å². The number of unbranched alkanes of at least 4 members (excludes halogenated alkanes) is 1. The van der Waals surface area contributed by atoms with Gasteiger partial charge < -0.3 is 10.4 Å². The Morgan fingerprint density at radius 3 is 2.47 bits per heavy atom. The molecule has 1 aromatic carbocycles. The second kappa shape index (κ2) is 10.8. The van der Waals surface area contributed by atoms with Gasteiger partial charge in [-0.3, -0.25) is 0 Å². The number of sulfonamides is 1. The third-order valence-corrected chi connectivity index (χ3v) is 9.27. The maximum Gasteiger partial charge on any atom is 0.243 e. The fourth-order valence-corrected chi connectivity index (χ4v) is 6.71. The number of aliphatic hydroxyl groups is 1. The van der Waals surface area contributed by atoms with Crippen molar-refractivity contribution in [3.63, 3.8) is 0 Å². The molecule has 1 saturated heterocycles. The lowest BCUT2D eigenvalue weighted by Gasteiger charge is -2.26. The topological polar surface area (TPSA) is 113 Å². The van der Waals surface area contributed by atoms with Crippen LogP contribution in [0.1, 0.15) is 70.8 Å². The fourth-order valence-electron chi connectivity index (χ4n) is 5.20. The number of aliphatic hydroxyl groups excluding tert-OH is 1. The Kier molecular flexibility index (Phi) is 7.55. The maximum absolute atomic E-state index is 13.1. The molecular formula is C26H36N6O3S. The van der Waals surface area contributed by atoms with E-state index in [1.807, 2.05) is 23.0 Å². The van der Waals surface area contributed by atoms with Gasteiger partial charge in [-0.15, -0.1) is 0 Å². The van der Waals surface area contributed by atoms with Crippen molar-refractivity contribution in [3.05, 3.63) is 30.5 Å². The summed E-state index contributed by atoms with van der Waals surface area (Å²) in [7, 11) is -3.49. The van der Waals surface area contributed by atoms with Gasteiger partial charge in [-0.1, -0.05) is 31.9 Å². The summed E-state index contributed by atoms with van der Waals surface area (Å²) in [4.78, 5) is 9.67. The van der Waals surface area contributed by atoms with Crippen LogP contribution < -0.4 is 5.32 Å². The zero-order valence-corrected chi connectivity index (χ0v) is 21.8. The van der Waals surface area contributed by atoms with Crippen LogP contribution in [0.25, 0.3) is 22.3 Å². The summed E-state index contributed by atoms with van der Waals surface area (Å²) in [5, 5.41) is 19.1. The van der Waals surface area contributed by atoms with E-state index in [1.54, 1.807) is 16.4 Å². The van der Waals surface area contributed by atoms with Crippen LogP contribution in [0.3, 0.4) is 0 Å². The van der Waals surface area contributed by atoms with Crippen molar-refractivity contribution in [1.82, 2.24) is 24.1 Å². The fraction of sp³-hybridized carbons (Fsp3) is 0.577. The predicted molar refractivity (Wildman–Crippen MR) is 140 cm³/mol. The number of hydrogen-bond acceptors (Lipinski definition) is 7. The summed E-state index contributed by atoms with van der Waals surface area (Å²) in [6, 6.07) is 7.19. The first kappa shape index (κ1) is 25.1. The molecule has 3 aromatic rings. The molecule has 2 aromatic heterocycles. The predicted octanol–water partition coefficient (Wildman–Crippen LogP) is 4.36. The number of piperidine rings is 1. The molecule has 0 amide bonds. The van der Waals surface area contributed by atoms with Crippen LogP contribution in [0.5, 0.6) is 0 Å². The first-order chi connectivity index (χ1) is 17.5. The minimum Gasteiger partial charge on any atom is -0.393 e. The van der Waals surface area contributed by atoms with Gasteiger partial charge in [-0.2, -0.15) is 14.4 Å². The summed E-state index contributed by atoms with van der Waals surface area (Å²) >= 11 is 0. The first-order valence-electron chi connectivity index (χ1n) is 13.2. The quantitative estimate of drug-likeness (QED) is 0.431. The Labute approximate surface area is 213 Å². The number of benzene rings is 1. The normalized spacial score (nSPS) is 21.6. The molecule has 1 aliphatic heterocycles. The average molecular weight is 513 g/mol. The van der Waals surface area contributed by atoms with Crippen LogP contribution in [-0.4, -0.2) is 63.3 Å². The molecule has 0 bridgehead atoms. The van der Waals surface area contributed by atoms with Gasteiger partial charge in [0.1, 0.15) is 5.69 Å². The molecule has 0 spiro atoms. The molecule has 36 heavy (non-hydrogen) atoms. The highest BCUT2D eigenvalue weighted by atomic mass is 32.2. The minimum absolute atomic E-state index is 0.154. The summed E-state index contributed by atoms with van der Waals surface area (Å²) < 4.78 is 29.8. The van der Waals surface area contributed by atoms with Crippen molar-refractivity contribution in [2.24, 2.45) is 0 Å². The highest BCUT2D eigenvalue weighted by Gasteiger charge is 2.28. The Morgan fingerprint density at radius 1 is 1.06 bits per heavy atom. The largest absolute Gasteiger partial charge is 0.393 e. The summed E-state index contributed by atoms with van der Waals surface area (Å²) in [5.74, 6) is 0.586. The molecule has 3 heterocycles. The van der Waals surface area contributed by atoms with Crippen LogP contribution >= 0.6 is 0 Å². The molecule has 0 atom stereocenters. The van der Waals surface area contributed by atoms with Crippen molar-refractivity contribution in [2.45, 2.75) is 81.8 Å². The smallest absolute Gasteiger partial charge is 0.243 e. The minimum atomic E-state index is -3.49. The van der Waals surface area contributed by atoms with Gasteiger partial charge in [0.25, 0.3) is 0 Å². The van der Waals surface area contributed by atoms with Crippen molar-refractivity contribution in [1.29, 1.82) is 0 Å². The monoisotopic (exact) mass is 512 g/mol. The number of fused-ring (bicyclic) bond motifs is 1. The number of aromatic nitrogens is 4. The van der Waals surface area contributed by atoms with Crippen molar-refractivity contribution >= 4 is 27.0 Å². The van der Waals surface area contributed by atoms with E-state index < -0.39 is 10.0 Å². The van der Waals surface area contributed by atoms with Gasteiger partial charge in [0, 0.05) is 31.4 Å². The lowest BCUT2D eigenvalue weighted by molar-refractivity contribution is 0.109. The van der Waals surface area contributed by atoms with E-state index in [9.17, 15) is 13.5 Å². The summed E-state index contributed by atoms with van der Waals surface area (Å²) in [5.41, 5.74) is 2.35. The maximum atomic E-state index is 13.1. The number of anilines is 1. The third kappa shape index (κ3) is 5.12. The molecule has 2 N–H and O–H groups in total. The van der Waals surface area contributed by atoms with Crippen LogP contribution in [0, 0.1) is 0 Å². The van der Waals surface area contributed by atoms with Gasteiger partial charge in [-0.25, -0.2) is 18.1 Å². The molecule has 10 heteroatoms. The van der Waals surface area contributed by atoms with Crippen molar-refractivity contribution in [3.8, 4) is 11.3 Å². The Bertz CT molecular complexity index is 1280. The number of nitrogens with zero attached hydrogens (tertiary/aromatic N) is 5.